The summed E-state index contributed by atoms with van der Waals surface area (Å²) >= 11 is 0. The lowest BCUT2D eigenvalue weighted by atomic mass is 10.0. The predicted octanol–water partition coefficient (Wildman–Crippen LogP) is 4.73. The van der Waals surface area contributed by atoms with Crippen LogP contribution in [0.25, 0.3) is 27.8 Å². The van der Waals surface area contributed by atoms with Crippen molar-refractivity contribution in [2.75, 3.05) is 5.32 Å². The van der Waals surface area contributed by atoms with Gasteiger partial charge in [0.2, 0.25) is 0 Å². The monoisotopic (exact) mass is 466 g/mol. The van der Waals surface area contributed by atoms with Gasteiger partial charge in [0.15, 0.2) is 0 Å². The molecule has 0 radical (unpaired) electrons. The third-order valence-electron chi connectivity index (χ3n) is 7.13. The molecule has 4 heterocycles. The van der Waals surface area contributed by atoms with E-state index >= 15 is 0 Å². The van der Waals surface area contributed by atoms with Crippen LogP contribution in [0.5, 0.6) is 0 Å². The smallest absolute Gasteiger partial charge is 0.331 e. The Balaban J connectivity index is 1.89. The molecule has 0 aliphatic carbocycles. The third-order valence-corrected chi connectivity index (χ3v) is 7.13. The molecule has 7 heteroatoms. The number of benzene rings is 2. The number of aromatic nitrogens is 3. The van der Waals surface area contributed by atoms with Crippen LogP contribution in [0.4, 0.5) is 5.69 Å². The quantitative estimate of drug-likeness (QED) is 0.408. The maximum Gasteiger partial charge on any atom is 0.331 e. The first-order valence-electron chi connectivity index (χ1n) is 11.6. The van der Waals surface area contributed by atoms with E-state index < -0.39 is 6.04 Å². The molecule has 0 bridgehead atoms. The molecule has 0 amide bonds. The van der Waals surface area contributed by atoms with Gasteiger partial charge in [-0.3, -0.25) is 13.9 Å². The minimum Gasteiger partial charge on any atom is -0.464 e. The molecule has 1 aliphatic rings. The fourth-order valence-electron chi connectivity index (χ4n) is 5.22. The summed E-state index contributed by atoms with van der Waals surface area (Å²) in [4.78, 5) is 26.8. The van der Waals surface area contributed by atoms with E-state index in [1.165, 1.54) is 11.6 Å². The highest BCUT2D eigenvalue weighted by atomic mass is 16.3. The van der Waals surface area contributed by atoms with E-state index in [1.54, 1.807) is 11.6 Å². The molecule has 0 unspecified atom stereocenters. The highest BCUT2D eigenvalue weighted by Crippen LogP contribution is 2.46. The summed E-state index contributed by atoms with van der Waals surface area (Å²) in [6.45, 7) is 6.08. The van der Waals surface area contributed by atoms with Crippen LogP contribution in [-0.4, -0.2) is 13.7 Å². The number of hydrogen-bond acceptors (Lipinski definition) is 4. The highest BCUT2D eigenvalue weighted by Gasteiger charge is 2.36. The molecule has 0 saturated carbocycles. The largest absolute Gasteiger partial charge is 0.464 e. The van der Waals surface area contributed by atoms with E-state index in [1.807, 2.05) is 49.4 Å². The van der Waals surface area contributed by atoms with Crippen LogP contribution < -0.4 is 16.6 Å². The van der Waals surface area contributed by atoms with Gasteiger partial charge in [-0.25, -0.2) is 4.79 Å². The molecule has 0 saturated heterocycles. The van der Waals surface area contributed by atoms with Gasteiger partial charge in [0, 0.05) is 14.1 Å². The Kier molecular flexibility index (Phi) is 4.48. The molecule has 1 N–H and O–H groups in total. The second kappa shape index (κ2) is 7.37. The van der Waals surface area contributed by atoms with E-state index in [9.17, 15) is 9.59 Å². The summed E-state index contributed by atoms with van der Waals surface area (Å²) in [6, 6.07) is 17.6. The third kappa shape index (κ3) is 2.91. The number of rotatable bonds is 2. The summed E-state index contributed by atoms with van der Waals surface area (Å²) in [5.74, 6) is 1.52. The fourth-order valence-corrected chi connectivity index (χ4v) is 5.22. The summed E-state index contributed by atoms with van der Waals surface area (Å²) in [7, 11) is 3.25. The van der Waals surface area contributed by atoms with Crippen LogP contribution in [0.3, 0.4) is 0 Å². The predicted molar refractivity (Wildman–Crippen MR) is 138 cm³/mol. The molecular formula is C28H26N4O3. The van der Waals surface area contributed by atoms with Crippen molar-refractivity contribution in [2.45, 2.75) is 26.8 Å². The number of anilines is 1. The van der Waals surface area contributed by atoms with Crippen LogP contribution in [0.1, 0.15) is 34.4 Å². The molecular weight excluding hydrogens is 440 g/mol. The van der Waals surface area contributed by atoms with Crippen LogP contribution in [-0.2, 0) is 14.1 Å². The lowest BCUT2D eigenvalue weighted by Gasteiger charge is -2.30. The molecule has 1 aliphatic heterocycles. The summed E-state index contributed by atoms with van der Waals surface area (Å²) in [5, 5.41) is 4.16. The molecule has 0 fully saturated rings. The summed E-state index contributed by atoms with van der Waals surface area (Å²) in [5.41, 5.74) is 6.59. The molecule has 3 aromatic heterocycles. The van der Waals surface area contributed by atoms with Crippen molar-refractivity contribution in [1.82, 2.24) is 13.7 Å². The second-order valence-corrected chi connectivity index (χ2v) is 9.34. The maximum absolute atomic E-state index is 13.7. The van der Waals surface area contributed by atoms with Crippen molar-refractivity contribution in [3.63, 3.8) is 0 Å². The van der Waals surface area contributed by atoms with Gasteiger partial charge in [0.25, 0.3) is 5.56 Å². The number of furan rings is 1. The van der Waals surface area contributed by atoms with Gasteiger partial charge in [-0.1, -0.05) is 30.3 Å². The first-order valence-corrected chi connectivity index (χ1v) is 11.6. The van der Waals surface area contributed by atoms with Gasteiger partial charge in [-0.05, 0) is 61.7 Å². The highest BCUT2D eigenvalue weighted by molar-refractivity contribution is 5.99. The zero-order chi connectivity index (χ0) is 24.6. The molecule has 5 aromatic rings. The average Bonchev–Trinajstić information content (AvgIpc) is 3.44. The van der Waals surface area contributed by atoms with Crippen LogP contribution in [0.15, 0.2) is 68.6 Å². The minimum atomic E-state index is -0.393. The van der Waals surface area contributed by atoms with Crippen molar-refractivity contribution < 1.29 is 4.42 Å². The van der Waals surface area contributed by atoms with Crippen molar-refractivity contribution in [3.8, 4) is 16.9 Å². The summed E-state index contributed by atoms with van der Waals surface area (Å²) < 4.78 is 11.0. The standard InChI is InChI=1S/C28H26N4O3/c1-15-13-19-20(14-16(15)2)32-24(18-9-7-6-8-10-18)22-25(30(4)28(34)31(5)27(22)33)26(32)23(29-19)21-12-11-17(3)35-21/h6-14,23,29H,1-5H3/t23-/m0/s1. The Bertz CT molecular complexity index is 1770. The molecule has 7 nitrogen and oxygen atoms in total. The van der Waals surface area contributed by atoms with Crippen molar-refractivity contribution in [2.24, 2.45) is 14.1 Å². The summed E-state index contributed by atoms with van der Waals surface area (Å²) in [6.07, 6.45) is 0. The zero-order valence-corrected chi connectivity index (χ0v) is 20.3. The van der Waals surface area contributed by atoms with Gasteiger partial charge in [-0.15, -0.1) is 0 Å². The fraction of sp³-hybridized carbons (Fsp3) is 0.214. The van der Waals surface area contributed by atoms with Crippen LogP contribution in [0, 0.1) is 20.8 Å². The Morgan fingerprint density at radius 2 is 1.60 bits per heavy atom. The number of aryl methyl sites for hydroxylation is 4. The topological polar surface area (TPSA) is 74.1 Å². The van der Waals surface area contributed by atoms with Gasteiger partial charge >= 0.3 is 5.69 Å². The Hall–Kier alpha value is -4.26. The lowest BCUT2D eigenvalue weighted by Crippen LogP contribution is -2.37. The van der Waals surface area contributed by atoms with Gasteiger partial charge in [0.1, 0.15) is 17.6 Å². The Morgan fingerprint density at radius 1 is 0.886 bits per heavy atom. The van der Waals surface area contributed by atoms with E-state index in [4.69, 9.17) is 4.42 Å². The molecule has 35 heavy (non-hydrogen) atoms. The number of fused-ring (bicyclic) bond motifs is 5. The van der Waals surface area contributed by atoms with E-state index in [2.05, 4.69) is 35.9 Å². The molecule has 2 aromatic carbocycles. The van der Waals surface area contributed by atoms with Crippen LogP contribution >= 0.6 is 0 Å². The van der Waals surface area contributed by atoms with Gasteiger partial charge in [-0.2, -0.15) is 0 Å². The minimum absolute atomic E-state index is 0.316. The van der Waals surface area contributed by atoms with E-state index in [0.717, 1.165) is 51.0 Å². The Labute approximate surface area is 201 Å². The van der Waals surface area contributed by atoms with E-state index in [0.29, 0.717) is 10.9 Å². The van der Waals surface area contributed by atoms with Gasteiger partial charge < -0.3 is 14.3 Å². The number of nitrogens with one attached hydrogen (secondary N) is 1. The normalized spacial score (nSPS) is 14.6. The van der Waals surface area contributed by atoms with Crippen LogP contribution in [0.2, 0.25) is 0 Å². The molecule has 176 valence electrons. The average molecular weight is 467 g/mol. The molecule has 6 rings (SSSR count). The zero-order valence-electron chi connectivity index (χ0n) is 20.3. The van der Waals surface area contributed by atoms with Gasteiger partial charge in [0.05, 0.1) is 33.7 Å². The Morgan fingerprint density at radius 3 is 2.29 bits per heavy atom. The van der Waals surface area contributed by atoms with Crippen molar-refractivity contribution in [3.05, 3.63) is 104 Å². The lowest BCUT2D eigenvalue weighted by molar-refractivity contribution is 0.469. The van der Waals surface area contributed by atoms with Crippen molar-refractivity contribution in [1.29, 1.82) is 0 Å². The van der Waals surface area contributed by atoms with E-state index in [-0.39, 0.29) is 11.2 Å². The molecule has 0 spiro atoms. The SMILES string of the molecule is Cc1ccc([C@@H]2Nc3cc(C)c(C)cc3-n3c(-c4ccccc4)c4c(=O)n(C)c(=O)n(C)c4c32)o1. The first-order chi connectivity index (χ1) is 16.8. The number of hydrogen-bond donors (Lipinski definition) is 1. The maximum atomic E-state index is 13.7. The number of nitrogens with zero attached hydrogens (tertiary/aromatic N) is 3. The second-order valence-electron chi connectivity index (χ2n) is 9.34. The van der Waals surface area contributed by atoms with Crippen molar-refractivity contribution >= 4 is 16.6 Å². The first kappa shape index (κ1) is 21.3. The molecule has 1 atom stereocenters.